The zero-order chi connectivity index (χ0) is 10.1. The number of hydrogen-bond acceptors (Lipinski definition) is 2. The van der Waals surface area contributed by atoms with Gasteiger partial charge in [-0.15, -0.1) is 11.3 Å². The lowest BCUT2D eigenvalue weighted by molar-refractivity contribution is 1.45. The molecule has 2 heteroatoms. The monoisotopic (exact) mass is 203 g/mol. The van der Waals surface area contributed by atoms with E-state index in [4.69, 9.17) is 5.73 Å². The average molecular weight is 203 g/mol. The van der Waals surface area contributed by atoms with Crippen molar-refractivity contribution in [2.75, 3.05) is 5.73 Å². The van der Waals surface area contributed by atoms with E-state index >= 15 is 0 Å². The van der Waals surface area contributed by atoms with E-state index in [-0.39, 0.29) is 0 Å². The summed E-state index contributed by atoms with van der Waals surface area (Å²) in [6, 6.07) is 8.24. The summed E-state index contributed by atoms with van der Waals surface area (Å²) < 4.78 is 0. The Kier molecular flexibility index (Phi) is 2.30. The van der Waals surface area contributed by atoms with Crippen LogP contribution in [0.15, 0.2) is 29.6 Å². The SMILES string of the molecule is Cc1cc(N)ccc1-c1ccsc1C. The number of thiophene rings is 1. The predicted molar refractivity (Wildman–Crippen MR) is 63.6 cm³/mol. The molecule has 2 aromatic rings. The lowest BCUT2D eigenvalue weighted by Crippen LogP contribution is -1.88. The summed E-state index contributed by atoms with van der Waals surface area (Å²) in [6.07, 6.45) is 0. The molecule has 0 atom stereocenters. The second kappa shape index (κ2) is 3.46. The van der Waals surface area contributed by atoms with Crippen molar-refractivity contribution in [3.8, 4) is 11.1 Å². The molecule has 0 saturated heterocycles. The van der Waals surface area contributed by atoms with E-state index in [1.807, 2.05) is 12.1 Å². The standard InChI is InChI=1S/C12H13NS/c1-8-7-10(13)3-4-11(8)12-5-6-14-9(12)2/h3-7H,13H2,1-2H3. The van der Waals surface area contributed by atoms with Crippen molar-refractivity contribution in [1.29, 1.82) is 0 Å². The van der Waals surface area contributed by atoms with Gasteiger partial charge in [0.15, 0.2) is 0 Å². The molecule has 0 fully saturated rings. The molecular weight excluding hydrogens is 190 g/mol. The minimum absolute atomic E-state index is 0.833. The largest absolute Gasteiger partial charge is 0.399 e. The molecular formula is C12H13NS. The van der Waals surface area contributed by atoms with Crippen molar-refractivity contribution in [2.24, 2.45) is 0 Å². The molecule has 0 bridgehead atoms. The van der Waals surface area contributed by atoms with Gasteiger partial charge in [-0.2, -0.15) is 0 Å². The minimum atomic E-state index is 0.833. The van der Waals surface area contributed by atoms with Crippen LogP contribution in [0, 0.1) is 13.8 Å². The van der Waals surface area contributed by atoms with Crippen molar-refractivity contribution < 1.29 is 0 Å². The summed E-state index contributed by atoms with van der Waals surface area (Å²) in [4.78, 5) is 1.36. The second-order valence-electron chi connectivity index (χ2n) is 3.46. The van der Waals surface area contributed by atoms with E-state index in [0.717, 1.165) is 5.69 Å². The van der Waals surface area contributed by atoms with Crippen molar-refractivity contribution in [1.82, 2.24) is 0 Å². The third-order valence-electron chi connectivity index (χ3n) is 2.40. The second-order valence-corrected chi connectivity index (χ2v) is 4.59. The maximum Gasteiger partial charge on any atom is 0.0317 e. The molecule has 1 aromatic heterocycles. The first kappa shape index (κ1) is 9.28. The number of aryl methyl sites for hydroxylation is 2. The number of benzene rings is 1. The molecule has 0 radical (unpaired) electrons. The van der Waals surface area contributed by atoms with Gasteiger partial charge in [0.2, 0.25) is 0 Å². The Hall–Kier alpha value is -1.28. The van der Waals surface area contributed by atoms with Gasteiger partial charge in [-0.3, -0.25) is 0 Å². The van der Waals surface area contributed by atoms with Crippen LogP contribution in [0.3, 0.4) is 0 Å². The molecule has 1 heterocycles. The summed E-state index contributed by atoms with van der Waals surface area (Å²) in [6.45, 7) is 4.25. The lowest BCUT2D eigenvalue weighted by Gasteiger charge is -2.05. The number of hydrogen-bond donors (Lipinski definition) is 1. The summed E-state index contributed by atoms with van der Waals surface area (Å²) in [5.74, 6) is 0. The van der Waals surface area contributed by atoms with Gasteiger partial charge in [-0.05, 0) is 54.1 Å². The van der Waals surface area contributed by atoms with E-state index in [9.17, 15) is 0 Å². The smallest absolute Gasteiger partial charge is 0.0317 e. The number of nitrogen functional groups attached to an aromatic ring is 1. The Bertz CT molecular complexity index is 457. The first-order valence-electron chi connectivity index (χ1n) is 4.59. The maximum atomic E-state index is 5.72. The van der Waals surface area contributed by atoms with Crippen LogP contribution in [0.4, 0.5) is 5.69 Å². The number of nitrogens with two attached hydrogens (primary N) is 1. The Morgan fingerprint density at radius 3 is 2.43 bits per heavy atom. The summed E-state index contributed by atoms with van der Waals surface area (Å²) >= 11 is 1.78. The van der Waals surface area contributed by atoms with Gasteiger partial charge in [0.25, 0.3) is 0 Å². The van der Waals surface area contributed by atoms with Crippen LogP contribution in [-0.2, 0) is 0 Å². The van der Waals surface area contributed by atoms with Crippen LogP contribution in [0.2, 0.25) is 0 Å². The van der Waals surface area contributed by atoms with Crippen molar-refractivity contribution >= 4 is 17.0 Å². The van der Waals surface area contributed by atoms with Gasteiger partial charge in [-0.1, -0.05) is 6.07 Å². The summed E-state index contributed by atoms with van der Waals surface area (Å²) in [5, 5.41) is 2.13. The van der Waals surface area contributed by atoms with Crippen LogP contribution in [0.5, 0.6) is 0 Å². The van der Waals surface area contributed by atoms with Crippen LogP contribution in [-0.4, -0.2) is 0 Å². The molecule has 14 heavy (non-hydrogen) atoms. The zero-order valence-corrected chi connectivity index (χ0v) is 9.19. The highest BCUT2D eigenvalue weighted by Crippen LogP contribution is 2.30. The molecule has 1 nitrogen and oxygen atoms in total. The molecule has 0 saturated carbocycles. The molecule has 0 spiro atoms. The average Bonchev–Trinajstić information content (AvgIpc) is 2.52. The van der Waals surface area contributed by atoms with Gasteiger partial charge in [0, 0.05) is 10.6 Å². The summed E-state index contributed by atoms with van der Waals surface area (Å²) in [5.41, 5.74) is 10.4. The predicted octanol–water partition coefficient (Wildman–Crippen LogP) is 3.61. The molecule has 72 valence electrons. The van der Waals surface area contributed by atoms with Crippen LogP contribution >= 0.6 is 11.3 Å². The molecule has 1 aromatic carbocycles. The Balaban J connectivity index is 2.58. The minimum Gasteiger partial charge on any atom is -0.399 e. The molecule has 2 N–H and O–H groups in total. The lowest BCUT2D eigenvalue weighted by atomic mass is 10.0. The molecule has 2 rings (SSSR count). The van der Waals surface area contributed by atoms with Crippen LogP contribution in [0.25, 0.3) is 11.1 Å². The first-order valence-corrected chi connectivity index (χ1v) is 5.47. The van der Waals surface area contributed by atoms with Gasteiger partial charge in [0.1, 0.15) is 0 Å². The fourth-order valence-corrected chi connectivity index (χ4v) is 2.37. The third-order valence-corrected chi connectivity index (χ3v) is 3.25. The Morgan fingerprint density at radius 1 is 1.07 bits per heavy atom. The highest BCUT2D eigenvalue weighted by Gasteiger charge is 2.05. The van der Waals surface area contributed by atoms with Gasteiger partial charge in [-0.25, -0.2) is 0 Å². The normalized spacial score (nSPS) is 10.4. The third kappa shape index (κ3) is 1.53. The van der Waals surface area contributed by atoms with Crippen molar-refractivity contribution in [3.63, 3.8) is 0 Å². The maximum absolute atomic E-state index is 5.72. The van der Waals surface area contributed by atoms with E-state index in [1.165, 1.54) is 21.6 Å². The highest BCUT2D eigenvalue weighted by atomic mass is 32.1. The fourth-order valence-electron chi connectivity index (χ4n) is 1.65. The van der Waals surface area contributed by atoms with Gasteiger partial charge in [0.05, 0.1) is 0 Å². The molecule has 0 aliphatic heterocycles. The molecule has 0 amide bonds. The first-order chi connectivity index (χ1) is 6.68. The molecule has 0 aliphatic rings. The van der Waals surface area contributed by atoms with E-state index in [0.29, 0.717) is 0 Å². The topological polar surface area (TPSA) is 26.0 Å². The van der Waals surface area contributed by atoms with E-state index < -0.39 is 0 Å². The van der Waals surface area contributed by atoms with Crippen molar-refractivity contribution in [2.45, 2.75) is 13.8 Å². The quantitative estimate of drug-likeness (QED) is 0.704. The zero-order valence-electron chi connectivity index (χ0n) is 8.37. The van der Waals surface area contributed by atoms with Crippen molar-refractivity contribution in [3.05, 3.63) is 40.1 Å². The van der Waals surface area contributed by atoms with E-state index in [2.05, 4.69) is 31.4 Å². The number of rotatable bonds is 1. The summed E-state index contributed by atoms with van der Waals surface area (Å²) in [7, 11) is 0. The van der Waals surface area contributed by atoms with Crippen LogP contribution < -0.4 is 5.73 Å². The van der Waals surface area contributed by atoms with Gasteiger partial charge < -0.3 is 5.73 Å². The highest BCUT2D eigenvalue weighted by molar-refractivity contribution is 7.10. The number of anilines is 1. The molecule has 0 aliphatic carbocycles. The Morgan fingerprint density at radius 2 is 1.86 bits per heavy atom. The molecule has 0 unspecified atom stereocenters. The Labute approximate surface area is 88.2 Å². The van der Waals surface area contributed by atoms with Gasteiger partial charge >= 0.3 is 0 Å². The van der Waals surface area contributed by atoms with Crippen LogP contribution in [0.1, 0.15) is 10.4 Å². The van der Waals surface area contributed by atoms with E-state index in [1.54, 1.807) is 11.3 Å². The fraction of sp³-hybridized carbons (Fsp3) is 0.167.